The van der Waals surface area contributed by atoms with E-state index in [2.05, 4.69) is 16.8 Å². The molecule has 0 bridgehead atoms. The molecule has 2 heterocycles. The zero-order valence-corrected chi connectivity index (χ0v) is 9.12. The molecule has 1 aliphatic heterocycles. The van der Waals surface area contributed by atoms with Crippen LogP contribution in [0.4, 0.5) is 4.39 Å². The van der Waals surface area contributed by atoms with Gasteiger partial charge in [-0.1, -0.05) is 6.92 Å². The molecule has 0 spiro atoms. The van der Waals surface area contributed by atoms with E-state index in [1.54, 1.807) is 12.3 Å². The second-order valence-electron chi connectivity index (χ2n) is 4.41. The predicted molar refractivity (Wildman–Crippen MR) is 57.9 cm³/mol. The summed E-state index contributed by atoms with van der Waals surface area (Å²) >= 11 is 0. The quantitative estimate of drug-likeness (QED) is 0.742. The number of aromatic nitrogens is 1. The zero-order chi connectivity index (χ0) is 10.7. The monoisotopic (exact) mass is 208 g/mol. The largest absolute Gasteiger partial charge is 0.297 e. The van der Waals surface area contributed by atoms with E-state index in [9.17, 15) is 4.39 Å². The van der Waals surface area contributed by atoms with Gasteiger partial charge in [0.05, 0.1) is 5.69 Å². The number of pyridine rings is 1. The van der Waals surface area contributed by atoms with Gasteiger partial charge in [0.25, 0.3) is 0 Å². The van der Waals surface area contributed by atoms with Crippen molar-refractivity contribution in [3.63, 3.8) is 0 Å². The third kappa shape index (κ3) is 2.75. The molecule has 15 heavy (non-hydrogen) atoms. The second kappa shape index (κ2) is 4.71. The van der Waals surface area contributed by atoms with Crippen LogP contribution in [0, 0.1) is 11.7 Å². The van der Waals surface area contributed by atoms with Crippen molar-refractivity contribution in [1.82, 2.24) is 9.88 Å². The summed E-state index contributed by atoms with van der Waals surface area (Å²) in [6.07, 6.45) is 4.17. The normalized spacial score (nSPS) is 22.9. The molecule has 0 aliphatic carbocycles. The minimum absolute atomic E-state index is 0.185. The summed E-state index contributed by atoms with van der Waals surface area (Å²) in [6.45, 7) is 5.04. The van der Waals surface area contributed by atoms with Crippen LogP contribution in [0.3, 0.4) is 0 Å². The van der Waals surface area contributed by atoms with Gasteiger partial charge in [-0.05, 0) is 37.4 Å². The lowest BCUT2D eigenvalue weighted by Gasteiger charge is -2.30. The van der Waals surface area contributed by atoms with E-state index < -0.39 is 0 Å². The van der Waals surface area contributed by atoms with E-state index in [1.165, 1.54) is 18.9 Å². The minimum Gasteiger partial charge on any atom is -0.297 e. The Kier molecular flexibility index (Phi) is 3.31. The summed E-state index contributed by atoms with van der Waals surface area (Å²) < 4.78 is 13.4. The van der Waals surface area contributed by atoms with E-state index in [1.807, 2.05) is 0 Å². The first-order valence-electron chi connectivity index (χ1n) is 5.57. The molecule has 0 amide bonds. The van der Waals surface area contributed by atoms with Gasteiger partial charge in [-0.25, -0.2) is 4.39 Å². The van der Waals surface area contributed by atoms with Gasteiger partial charge in [0, 0.05) is 19.3 Å². The first-order chi connectivity index (χ1) is 7.25. The van der Waals surface area contributed by atoms with E-state index in [0.29, 0.717) is 12.2 Å². The number of likely N-dealkylation sites (tertiary alicyclic amines) is 1. The number of rotatable bonds is 2. The number of hydrogen-bond acceptors (Lipinski definition) is 2. The van der Waals surface area contributed by atoms with Crippen molar-refractivity contribution in [3.8, 4) is 0 Å². The van der Waals surface area contributed by atoms with Crippen molar-refractivity contribution in [1.29, 1.82) is 0 Å². The maximum atomic E-state index is 13.4. The molecule has 1 fully saturated rings. The summed E-state index contributed by atoms with van der Waals surface area (Å²) in [6, 6.07) is 3.12. The van der Waals surface area contributed by atoms with Gasteiger partial charge in [0.2, 0.25) is 0 Å². The van der Waals surface area contributed by atoms with Crippen molar-refractivity contribution in [3.05, 3.63) is 29.8 Å². The summed E-state index contributed by atoms with van der Waals surface area (Å²) in [5.41, 5.74) is 0.576. The van der Waals surface area contributed by atoms with Crippen molar-refractivity contribution in [2.24, 2.45) is 5.92 Å². The number of hydrogen-bond donors (Lipinski definition) is 0. The highest BCUT2D eigenvalue weighted by Gasteiger charge is 2.17. The van der Waals surface area contributed by atoms with Gasteiger partial charge in [0.15, 0.2) is 0 Å². The van der Waals surface area contributed by atoms with Crippen molar-refractivity contribution in [2.75, 3.05) is 13.1 Å². The standard InChI is InChI=1S/C12H17FN2/c1-10-4-3-7-15(8-10)9-12-11(13)5-2-6-14-12/h2,5-6,10H,3-4,7-9H2,1H3. The van der Waals surface area contributed by atoms with E-state index in [0.717, 1.165) is 19.0 Å². The van der Waals surface area contributed by atoms with Gasteiger partial charge in [-0.15, -0.1) is 0 Å². The van der Waals surface area contributed by atoms with E-state index in [-0.39, 0.29) is 5.82 Å². The lowest BCUT2D eigenvalue weighted by molar-refractivity contribution is 0.173. The Hall–Kier alpha value is -0.960. The van der Waals surface area contributed by atoms with Gasteiger partial charge in [0.1, 0.15) is 5.82 Å². The smallest absolute Gasteiger partial charge is 0.146 e. The Morgan fingerprint density at radius 3 is 3.20 bits per heavy atom. The molecular weight excluding hydrogens is 191 g/mol. The fourth-order valence-electron chi connectivity index (χ4n) is 2.18. The highest BCUT2D eigenvalue weighted by Crippen LogP contribution is 2.17. The van der Waals surface area contributed by atoms with Crippen molar-refractivity contribution >= 4 is 0 Å². The summed E-state index contributed by atoms with van der Waals surface area (Å²) in [5.74, 6) is 0.543. The molecule has 1 aromatic rings. The van der Waals surface area contributed by atoms with Crippen LogP contribution in [0.25, 0.3) is 0 Å². The Balaban J connectivity index is 1.99. The summed E-state index contributed by atoms with van der Waals surface area (Å²) in [5, 5.41) is 0. The lowest BCUT2D eigenvalue weighted by Crippen LogP contribution is -2.34. The molecule has 0 radical (unpaired) electrons. The molecule has 1 aromatic heterocycles. The Morgan fingerprint density at radius 2 is 2.47 bits per heavy atom. The molecule has 0 aromatic carbocycles. The highest BCUT2D eigenvalue weighted by atomic mass is 19.1. The second-order valence-corrected chi connectivity index (χ2v) is 4.41. The van der Waals surface area contributed by atoms with Gasteiger partial charge >= 0.3 is 0 Å². The Labute approximate surface area is 90.1 Å². The molecule has 2 rings (SSSR count). The Bertz CT molecular complexity index is 327. The van der Waals surface area contributed by atoms with Gasteiger partial charge < -0.3 is 0 Å². The maximum Gasteiger partial charge on any atom is 0.146 e. The van der Waals surface area contributed by atoms with Crippen LogP contribution >= 0.6 is 0 Å². The topological polar surface area (TPSA) is 16.1 Å². The molecule has 0 saturated carbocycles. The SMILES string of the molecule is CC1CCCN(Cc2ncccc2F)C1. The van der Waals surface area contributed by atoms with Crippen LogP contribution in [-0.4, -0.2) is 23.0 Å². The fraction of sp³-hybridized carbons (Fsp3) is 0.583. The first kappa shape index (κ1) is 10.6. The summed E-state index contributed by atoms with van der Waals surface area (Å²) in [4.78, 5) is 6.37. The molecule has 0 N–H and O–H groups in total. The lowest BCUT2D eigenvalue weighted by atomic mass is 10.0. The maximum absolute atomic E-state index is 13.4. The average molecular weight is 208 g/mol. The molecule has 1 unspecified atom stereocenters. The molecule has 2 nitrogen and oxygen atoms in total. The third-order valence-electron chi connectivity index (χ3n) is 2.95. The zero-order valence-electron chi connectivity index (χ0n) is 9.12. The van der Waals surface area contributed by atoms with Gasteiger partial charge in [-0.2, -0.15) is 0 Å². The Morgan fingerprint density at radius 1 is 1.60 bits per heavy atom. The van der Waals surface area contributed by atoms with Crippen molar-refractivity contribution < 1.29 is 4.39 Å². The molecule has 1 aliphatic rings. The average Bonchev–Trinajstić information content (AvgIpc) is 2.22. The van der Waals surface area contributed by atoms with Crippen LogP contribution in [0.5, 0.6) is 0 Å². The van der Waals surface area contributed by atoms with Crippen LogP contribution in [0.2, 0.25) is 0 Å². The van der Waals surface area contributed by atoms with Crippen LogP contribution in [0.1, 0.15) is 25.5 Å². The van der Waals surface area contributed by atoms with E-state index in [4.69, 9.17) is 0 Å². The minimum atomic E-state index is -0.185. The first-order valence-corrected chi connectivity index (χ1v) is 5.57. The van der Waals surface area contributed by atoms with Crippen LogP contribution in [-0.2, 0) is 6.54 Å². The molecular formula is C12H17FN2. The van der Waals surface area contributed by atoms with Gasteiger partial charge in [-0.3, -0.25) is 9.88 Å². The number of halogens is 1. The van der Waals surface area contributed by atoms with Crippen molar-refractivity contribution in [2.45, 2.75) is 26.3 Å². The van der Waals surface area contributed by atoms with E-state index >= 15 is 0 Å². The molecule has 1 saturated heterocycles. The summed E-state index contributed by atoms with van der Waals surface area (Å²) in [7, 11) is 0. The fourth-order valence-corrected chi connectivity index (χ4v) is 2.18. The molecule has 1 atom stereocenters. The highest BCUT2D eigenvalue weighted by molar-refractivity contribution is 5.06. The third-order valence-corrected chi connectivity index (χ3v) is 2.95. The van der Waals surface area contributed by atoms with Crippen LogP contribution < -0.4 is 0 Å². The molecule has 3 heteroatoms. The van der Waals surface area contributed by atoms with Crippen LogP contribution in [0.15, 0.2) is 18.3 Å². The number of nitrogens with zero attached hydrogens (tertiary/aromatic N) is 2. The molecule has 82 valence electrons. The predicted octanol–water partition coefficient (Wildman–Crippen LogP) is 2.45. The number of piperidine rings is 1.